The number of benzene rings is 1. The third-order valence-electron chi connectivity index (χ3n) is 2.66. The van der Waals surface area contributed by atoms with E-state index < -0.39 is 16.3 Å². The maximum Gasteiger partial charge on any atom is 0.267 e. The molecule has 0 bridgehead atoms. The molecule has 1 aromatic carbocycles. The molecule has 0 unspecified atom stereocenters. The van der Waals surface area contributed by atoms with Gasteiger partial charge >= 0.3 is 0 Å². The van der Waals surface area contributed by atoms with Gasteiger partial charge in [-0.2, -0.15) is 0 Å². The van der Waals surface area contributed by atoms with Gasteiger partial charge in [0, 0.05) is 22.8 Å². The number of aldehydes is 1. The maximum atomic E-state index is 12.5. The fourth-order valence-corrected chi connectivity index (χ4v) is 3.70. The molecule has 0 saturated heterocycles. The molecule has 0 atom stereocenters. The molecule has 0 spiro atoms. The summed E-state index contributed by atoms with van der Waals surface area (Å²) in [7, 11) is -3.76. The summed E-state index contributed by atoms with van der Waals surface area (Å²) in [6.45, 7) is 1.87. The highest BCUT2D eigenvalue weighted by molar-refractivity contribution is 9.10. The molecule has 6 heteroatoms. The van der Waals surface area contributed by atoms with E-state index in [-0.39, 0.29) is 17.0 Å². The molecule has 0 aliphatic carbocycles. The van der Waals surface area contributed by atoms with E-state index in [0.29, 0.717) is 4.47 Å². The molecule has 2 aromatic rings. The van der Waals surface area contributed by atoms with Crippen molar-refractivity contribution < 1.29 is 14.6 Å². The standard InChI is InChI=1S/C13H12BrNO3S/c1-10-2-4-13(5-3-10)19(17,18)15-9-11(14)8-12(15)6-7-16/h2-5,7-9H,6H2,1H3/i7D. The highest BCUT2D eigenvalue weighted by Gasteiger charge is 2.20. The van der Waals surface area contributed by atoms with Crippen LogP contribution in [0.5, 0.6) is 0 Å². The fraction of sp³-hybridized carbons (Fsp3) is 0.154. The Balaban J connectivity index is 2.54. The normalized spacial score (nSPS) is 12.2. The maximum absolute atomic E-state index is 12.5. The third-order valence-corrected chi connectivity index (χ3v) is 4.82. The second-order valence-corrected chi connectivity index (χ2v) is 6.82. The van der Waals surface area contributed by atoms with Crippen LogP contribution in [0.15, 0.2) is 45.9 Å². The fourth-order valence-electron chi connectivity index (χ4n) is 1.71. The number of carbonyl (C=O) groups is 1. The van der Waals surface area contributed by atoms with Crippen LogP contribution in [0, 0.1) is 6.92 Å². The SMILES string of the molecule is [2H]C(=O)Cc1cc(Br)cn1S(=O)(=O)c1ccc(C)cc1. The summed E-state index contributed by atoms with van der Waals surface area (Å²) >= 11 is 3.19. The van der Waals surface area contributed by atoms with E-state index in [1.165, 1.54) is 24.4 Å². The van der Waals surface area contributed by atoms with Crippen LogP contribution in [0.2, 0.25) is 0 Å². The quantitative estimate of drug-likeness (QED) is 0.802. The van der Waals surface area contributed by atoms with E-state index >= 15 is 0 Å². The zero-order valence-electron chi connectivity index (χ0n) is 11.1. The van der Waals surface area contributed by atoms with Crippen molar-refractivity contribution in [3.05, 3.63) is 52.3 Å². The summed E-state index contributed by atoms with van der Waals surface area (Å²) in [5.74, 6) is 0. The minimum absolute atomic E-state index is 0.143. The number of rotatable bonds is 4. The number of nitrogens with zero attached hydrogens (tertiary/aromatic N) is 1. The molecule has 0 saturated carbocycles. The van der Waals surface area contributed by atoms with Crippen molar-refractivity contribution in [1.82, 2.24) is 3.97 Å². The molecule has 0 radical (unpaired) electrons. The van der Waals surface area contributed by atoms with E-state index in [4.69, 9.17) is 1.37 Å². The van der Waals surface area contributed by atoms with Crippen molar-refractivity contribution >= 4 is 32.2 Å². The Morgan fingerprint density at radius 1 is 1.37 bits per heavy atom. The van der Waals surface area contributed by atoms with Gasteiger partial charge in [-0.1, -0.05) is 17.7 Å². The number of hydrogen-bond donors (Lipinski definition) is 0. The Bertz CT molecular complexity index is 750. The lowest BCUT2D eigenvalue weighted by atomic mass is 10.2. The lowest BCUT2D eigenvalue weighted by Gasteiger charge is -2.09. The summed E-state index contributed by atoms with van der Waals surface area (Å²) in [5.41, 5.74) is 1.22. The van der Waals surface area contributed by atoms with Gasteiger partial charge in [-0.15, -0.1) is 0 Å². The molecule has 0 aliphatic rings. The van der Waals surface area contributed by atoms with E-state index in [1.54, 1.807) is 12.1 Å². The molecule has 100 valence electrons. The number of carbonyl (C=O) groups excluding carboxylic acids is 1. The van der Waals surface area contributed by atoms with E-state index in [2.05, 4.69) is 15.9 Å². The smallest absolute Gasteiger partial charge is 0.267 e. The average molecular weight is 343 g/mol. The lowest BCUT2D eigenvalue weighted by molar-refractivity contribution is -0.107. The minimum atomic E-state index is -3.76. The third kappa shape index (κ3) is 2.79. The number of halogens is 1. The molecule has 4 nitrogen and oxygen atoms in total. The highest BCUT2D eigenvalue weighted by atomic mass is 79.9. The second kappa shape index (κ2) is 5.30. The molecular weight excluding hydrogens is 330 g/mol. The Morgan fingerprint density at radius 2 is 2.00 bits per heavy atom. The zero-order valence-corrected chi connectivity index (χ0v) is 12.5. The van der Waals surface area contributed by atoms with Gasteiger partial charge in [0.05, 0.1) is 4.90 Å². The van der Waals surface area contributed by atoms with Gasteiger partial charge in [0.2, 0.25) is 0 Å². The van der Waals surface area contributed by atoms with Crippen molar-refractivity contribution in [2.45, 2.75) is 18.2 Å². The van der Waals surface area contributed by atoms with Crippen molar-refractivity contribution in [3.8, 4) is 0 Å². The largest absolute Gasteiger partial charge is 0.303 e. The number of hydrogen-bond acceptors (Lipinski definition) is 3. The summed E-state index contributed by atoms with van der Waals surface area (Å²) in [4.78, 5) is 11.1. The molecule has 0 amide bonds. The molecule has 0 aliphatic heterocycles. The molecule has 19 heavy (non-hydrogen) atoms. The molecule has 2 rings (SSSR count). The summed E-state index contributed by atoms with van der Waals surface area (Å²) < 4.78 is 33.6. The van der Waals surface area contributed by atoms with Crippen molar-refractivity contribution in [1.29, 1.82) is 0 Å². The van der Waals surface area contributed by atoms with Gasteiger partial charge in [0.25, 0.3) is 10.0 Å². The van der Waals surface area contributed by atoms with Crippen molar-refractivity contribution in [3.63, 3.8) is 0 Å². The Kier molecular flexibility index (Phi) is 3.52. The summed E-state index contributed by atoms with van der Waals surface area (Å²) in [6.07, 6.45) is 0.292. The number of aryl methyl sites for hydroxylation is 1. The van der Waals surface area contributed by atoms with E-state index in [0.717, 1.165) is 9.54 Å². The van der Waals surface area contributed by atoms with E-state index in [9.17, 15) is 13.2 Å². The summed E-state index contributed by atoms with van der Waals surface area (Å²) in [6, 6.07) is 7.98. The first-order valence-corrected chi connectivity index (χ1v) is 7.72. The molecular formula is C13H12BrNO3S. The van der Waals surface area contributed by atoms with Gasteiger partial charge in [-0.25, -0.2) is 12.4 Å². The van der Waals surface area contributed by atoms with Crippen molar-refractivity contribution in [2.24, 2.45) is 0 Å². The first-order chi connectivity index (χ1) is 9.30. The first kappa shape index (κ1) is 12.6. The Labute approximate surface area is 121 Å². The highest BCUT2D eigenvalue weighted by Crippen LogP contribution is 2.22. The van der Waals surface area contributed by atoms with Gasteiger partial charge in [0.1, 0.15) is 7.63 Å². The van der Waals surface area contributed by atoms with Crippen LogP contribution >= 0.6 is 15.9 Å². The first-order valence-electron chi connectivity index (χ1n) is 5.99. The van der Waals surface area contributed by atoms with Gasteiger partial charge in [0.15, 0.2) is 0 Å². The molecule has 1 heterocycles. The van der Waals surface area contributed by atoms with Crippen LogP contribution in [0.25, 0.3) is 0 Å². The van der Waals surface area contributed by atoms with Crippen LogP contribution in [-0.2, 0) is 21.2 Å². The monoisotopic (exact) mass is 342 g/mol. The number of aromatic nitrogens is 1. The predicted octanol–water partition coefficient (Wildman–Crippen LogP) is 2.54. The van der Waals surface area contributed by atoms with Crippen LogP contribution in [-0.4, -0.2) is 18.7 Å². The summed E-state index contributed by atoms with van der Waals surface area (Å²) in [5, 5.41) is 0. The second-order valence-electron chi connectivity index (χ2n) is 4.08. The Morgan fingerprint density at radius 3 is 2.58 bits per heavy atom. The predicted molar refractivity (Wildman–Crippen MR) is 75.7 cm³/mol. The Hall–Kier alpha value is -1.40. The van der Waals surface area contributed by atoms with Crippen LogP contribution in [0.3, 0.4) is 0 Å². The van der Waals surface area contributed by atoms with Crippen LogP contribution in [0.4, 0.5) is 0 Å². The van der Waals surface area contributed by atoms with Gasteiger partial charge < -0.3 is 4.79 Å². The molecule has 0 N–H and O–H groups in total. The van der Waals surface area contributed by atoms with Crippen molar-refractivity contribution in [2.75, 3.05) is 0 Å². The molecule has 0 fully saturated rings. The van der Waals surface area contributed by atoms with Gasteiger partial charge in [-0.3, -0.25) is 0 Å². The average Bonchev–Trinajstić information content (AvgIpc) is 2.70. The van der Waals surface area contributed by atoms with Gasteiger partial charge in [-0.05, 0) is 41.1 Å². The lowest BCUT2D eigenvalue weighted by Crippen LogP contribution is -2.15. The topological polar surface area (TPSA) is 56.1 Å². The van der Waals surface area contributed by atoms with E-state index in [1.807, 2.05) is 6.92 Å². The van der Waals surface area contributed by atoms with Crippen LogP contribution < -0.4 is 0 Å². The minimum Gasteiger partial charge on any atom is -0.303 e. The zero-order chi connectivity index (χ0) is 14.9. The van der Waals surface area contributed by atoms with Crippen LogP contribution in [0.1, 0.15) is 12.6 Å². The molecule has 1 aromatic heterocycles.